The van der Waals surface area contributed by atoms with Crippen LogP contribution in [0.3, 0.4) is 0 Å². The highest BCUT2D eigenvalue weighted by atomic mass is 16.4. The van der Waals surface area contributed by atoms with Gasteiger partial charge in [-0.2, -0.15) is 10.5 Å². The van der Waals surface area contributed by atoms with Crippen molar-refractivity contribution in [1.82, 2.24) is 4.98 Å². The van der Waals surface area contributed by atoms with Crippen LogP contribution in [0, 0.1) is 22.7 Å². The molecule has 0 saturated heterocycles. The highest BCUT2D eigenvalue weighted by Gasteiger charge is 2.24. The number of pyridine rings is 1. The van der Waals surface area contributed by atoms with Crippen LogP contribution in [0.5, 0.6) is 0 Å². The third-order valence-corrected chi connectivity index (χ3v) is 3.92. The number of aromatic nitrogens is 1. The first kappa shape index (κ1) is 14.1. The molecule has 0 bridgehead atoms. The van der Waals surface area contributed by atoms with Crippen LogP contribution in [0.1, 0.15) is 16.7 Å². The summed E-state index contributed by atoms with van der Waals surface area (Å²) < 4.78 is 5.62. The molecule has 1 aliphatic heterocycles. The molecule has 0 saturated carbocycles. The summed E-state index contributed by atoms with van der Waals surface area (Å²) >= 11 is 0. The molecule has 0 spiro atoms. The van der Waals surface area contributed by atoms with Crippen LogP contribution in [-0.2, 0) is 11.3 Å². The van der Waals surface area contributed by atoms with Gasteiger partial charge in [-0.1, -0.05) is 12.9 Å². The van der Waals surface area contributed by atoms with Gasteiger partial charge < -0.3 is 9.55 Å². The fourth-order valence-corrected chi connectivity index (χ4v) is 2.66. The molecule has 0 unspecified atom stereocenters. The zero-order valence-corrected chi connectivity index (χ0v) is 12.4. The van der Waals surface area contributed by atoms with Crippen molar-refractivity contribution in [2.45, 2.75) is 13.4 Å². The van der Waals surface area contributed by atoms with Crippen LogP contribution in [0.2, 0.25) is 6.82 Å². The number of fused-ring (bicyclic) bond motifs is 1. The van der Waals surface area contributed by atoms with Crippen molar-refractivity contribution < 1.29 is 4.65 Å². The molecule has 0 amide bonds. The molecule has 1 aromatic carbocycles. The van der Waals surface area contributed by atoms with E-state index in [0.29, 0.717) is 18.0 Å². The van der Waals surface area contributed by atoms with Crippen molar-refractivity contribution >= 4 is 23.9 Å². The van der Waals surface area contributed by atoms with E-state index in [0.717, 1.165) is 11.3 Å². The number of anilines is 2. The lowest BCUT2D eigenvalue weighted by Crippen LogP contribution is -2.24. The SMILES string of the molecule is CB1OCc2cc(N(C)c3nccc(C#N)c3C#N)ccc21. The maximum atomic E-state index is 9.33. The summed E-state index contributed by atoms with van der Waals surface area (Å²) in [6.45, 7) is 2.74. The number of benzene rings is 1. The molecule has 5 nitrogen and oxygen atoms in total. The largest absolute Gasteiger partial charge is 0.427 e. The predicted octanol–water partition coefficient (Wildman–Crippen LogP) is 1.95. The summed E-state index contributed by atoms with van der Waals surface area (Å²) in [5.74, 6) is 0.480. The van der Waals surface area contributed by atoms with Gasteiger partial charge in [-0.05, 0) is 29.2 Å². The summed E-state index contributed by atoms with van der Waals surface area (Å²) in [4.78, 5) is 6.09. The number of nitriles is 2. The first-order chi connectivity index (χ1) is 10.7. The molecule has 1 aliphatic rings. The van der Waals surface area contributed by atoms with Gasteiger partial charge in [0.2, 0.25) is 0 Å². The quantitative estimate of drug-likeness (QED) is 0.790. The third kappa shape index (κ3) is 2.20. The zero-order valence-electron chi connectivity index (χ0n) is 12.4. The lowest BCUT2D eigenvalue weighted by Gasteiger charge is -2.20. The molecule has 6 heteroatoms. The Labute approximate surface area is 129 Å². The lowest BCUT2D eigenvalue weighted by molar-refractivity contribution is 0.333. The highest BCUT2D eigenvalue weighted by molar-refractivity contribution is 6.67. The summed E-state index contributed by atoms with van der Waals surface area (Å²) in [5.41, 5.74) is 3.87. The Morgan fingerprint density at radius 3 is 2.82 bits per heavy atom. The van der Waals surface area contributed by atoms with E-state index < -0.39 is 0 Å². The monoisotopic (exact) mass is 288 g/mol. The Balaban J connectivity index is 2.04. The average Bonchev–Trinajstić information content (AvgIpc) is 2.93. The normalized spacial score (nSPS) is 12.5. The van der Waals surface area contributed by atoms with Crippen molar-refractivity contribution in [3.8, 4) is 12.1 Å². The molecule has 0 aliphatic carbocycles. The van der Waals surface area contributed by atoms with Gasteiger partial charge in [0.1, 0.15) is 17.7 Å². The van der Waals surface area contributed by atoms with Gasteiger partial charge >= 0.3 is 6.92 Å². The van der Waals surface area contributed by atoms with E-state index in [1.165, 1.54) is 5.46 Å². The molecule has 106 valence electrons. The molecular weight excluding hydrogens is 275 g/mol. The van der Waals surface area contributed by atoms with Crippen molar-refractivity contribution in [1.29, 1.82) is 10.5 Å². The van der Waals surface area contributed by atoms with E-state index in [-0.39, 0.29) is 12.5 Å². The Morgan fingerprint density at radius 2 is 2.09 bits per heavy atom. The Morgan fingerprint density at radius 1 is 1.27 bits per heavy atom. The van der Waals surface area contributed by atoms with Gasteiger partial charge in [0.05, 0.1) is 12.2 Å². The standard InChI is InChI=1S/C16H13BN4O/c1-17-15-4-3-13(7-12(15)10-22-17)21(2)16-14(9-19)11(8-18)5-6-20-16/h3-7H,10H2,1-2H3. The topological polar surface area (TPSA) is 72.9 Å². The lowest BCUT2D eigenvalue weighted by atomic mass is 9.64. The van der Waals surface area contributed by atoms with E-state index in [1.54, 1.807) is 12.3 Å². The Hall–Kier alpha value is -2.83. The van der Waals surface area contributed by atoms with Crippen LogP contribution in [0.25, 0.3) is 0 Å². The van der Waals surface area contributed by atoms with Crippen LogP contribution in [0.4, 0.5) is 11.5 Å². The number of rotatable bonds is 2. The van der Waals surface area contributed by atoms with Crippen molar-refractivity contribution in [3.63, 3.8) is 0 Å². The van der Waals surface area contributed by atoms with Crippen molar-refractivity contribution in [3.05, 3.63) is 47.2 Å². The molecule has 0 radical (unpaired) electrons. The first-order valence-corrected chi connectivity index (χ1v) is 6.93. The highest BCUT2D eigenvalue weighted by Crippen LogP contribution is 2.27. The van der Waals surface area contributed by atoms with Gasteiger partial charge in [0, 0.05) is 18.9 Å². The van der Waals surface area contributed by atoms with E-state index >= 15 is 0 Å². The van der Waals surface area contributed by atoms with E-state index in [2.05, 4.69) is 11.1 Å². The Bertz CT molecular complexity index is 822. The zero-order chi connectivity index (χ0) is 15.7. The molecule has 0 N–H and O–H groups in total. The van der Waals surface area contributed by atoms with E-state index in [9.17, 15) is 5.26 Å². The minimum Gasteiger partial charge on any atom is -0.427 e. The van der Waals surface area contributed by atoms with Crippen molar-refractivity contribution in [2.75, 3.05) is 11.9 Å². The second kappa shape index (κ2) is 5.52. The van der Waals surface area contributed by atoms with E-state index in [4.69, 9.17) is 9.92 Å². The summed E-state index contributed by atoms with van der Waals surface area (Å²) in [6.07, 6.45) is 1.55. The molecule has 2 aromatic rings. The maximum Gasteiger partial charge on any atom is 0.324 e. The van der Waals surface area contributed by atoms with Crippen LogP contribution >= 0.6 is 0 Å². The number of nitrogens with zero attached hydrogens (tertiary/aromatic N) is 4. The number of hydrogen-bond donors (Lipinski definition) is 0. The summed E-state index contributed by atoms with van der Waals surface area (Å²) in [6, 6.07) is 11.7. The van der Waals surface area contributed by atoms with Gasteiger partial charge in [-0.25, -0.2) is 4.98 Å². The minimum atomic E-state index is 0.115. The third-order valence-electron chi connectivity index (χ3n) is 3.92. The molecule has 3 rings (SSSR count). The molecule has 1 aromatic heterocycles. The van der Waals surface area contributed by atoms with Gasteiger partial charge in [0.25, 0.3) is 0 Å². The van der Waals surface area contributed by atoms with Gasteiger partial charge in [-0.3, -0.25) is 0 Å². The second-order valence-corrected chi connectivity index (χ2v) is 5.18. The molecule has 0 atom stereocenters. The fraction of sp³-hybridized carbons (Fsp3) is 0.188. The van der Waals surface area contributed by atoms with Crippen LogP contribution in [-0.4, -0.2) is 18.9 Å². The summed E-state index contributed by atoms with van der Waals surface area (Å²) in [7, 11) is 1.84. The van der Waals surface area contributed by atoms with Crippen molar-refractivity contribution in [2.24, 2.45) is 0 Å². The minimum absolute atomic E-state index is 0.115. The Kier molecular flexibility index (Phi) is 3.54. The maximum absolute atomic E-state index is 9.33. The van der Waals surface area contributed by atoms with Crippen LogP contribution < -0.4 is 10.4 Å². The van der Waals surface area contributed by atoms with Gasteiger partial charge in [-0.15, -0.1) is 0 Å². The molecular formula is C16H13BN4O. The number of hydrogen-bond acceptors (Lipinski definition) is 5. The predicted molar refractivity (Wildman–Crippen MR) is 84.2 cm³/mol. The van der Waals surface area contributed by atoms with E-state index in [1.807, 2.05) is 43.0 Å². The molecule has 2 heterocycles. The fourth-order valence-electron chi connectivity index (χ4n) is 2.66. The summed E-state index contributed by atoms with van der Waals surface area (Å²) in [5, 5.41) is 18.4. The smallest absolute Gasteiger partial charge is 0.324 e. The second-order valence-electron chi connectivity index (χ2n) is 5.18. The van der Waals surface area contributed by atoms with Crippen LogP contribution in [0.15, 0.2) is 30.5 Å². The molecule has 22 heavy (non-hydrogen) atoms. The molecule has 0 fully saturated rings. The average molecular weight is 288 g/mol. The van der Waals surface area contributed by atoms with Gasteiger partial charge in [0.15, 0.2) is 5.82 Å². The first-order valence-electron chi connectivity index (χ1n) is 6.93.